The minimum absolute atomic E-state index is 0.0780. The maximum atomic E-state index is 13.1. The Morgan fingerprint density at radius 1 is 1.05 bits per heavy atom. The number of rotatable bonds is 7. The standard InChI is InChI=1S/C32H39N3O3S/c1-21-6-11-30(28(13-21)29-20-39-32(33-29)35-16-23-7-8-24(15-23)17-35)38-19-26-10-9-25(14-22(26)2)31(36)34-12-4-5-27(18-34)37-3/h6,9-11,13-14,20,23-24,27H,4-5,7-8,12,15-19H2,1-3H3/t23-,24+,27?. The molecule has 2 saturated heterocycles. The molecule has 3 aliphatic rings. The van der Waals surface area contributed by atoms with E-state index in [4.69, 9.17) is 14.5 Å². The quantitative estimate of drug-likeness (QED) is 0.340. The number of benzene rings is 2. The molecule has 0 N–H and O–H groups in total. The third kappa shape index (κ3) is 5.71. The molecule has 6 rings (SSSR count). The fraction of sp³-hybridized carbons (Fsp3) is 0.500. The Balaban J connectivity index is 1.15. The number of fused-ring (bicyclic) bond motifs is 2. The number of amides is 1. The number of piperidine rings is 2. The lowest BCUT2D eigenvalue weighted by atomic mass is 9.99. The van der Waals surface area contributed by atoms with Crippen LogP contribution in [0.3, 0.4) is 0 Å². The molecular formula is C32H39N3O3S. The van der Waals surface area contributed by atoms with Gasteiger partial charge < -0.3 is 19.3 Å². The number of carbonyl (C=O) groups is 1. The third-order valence-corrected chi connectivity index (χ3v) is 9.65. The molecule has 0 spiro atoms. The van der Waals surface area contributed by atoms with Gasteiger partial charge in [0.05, 0.1) is 11.8 Å². The largest absolute Gasteiger partial charge is 0.488 e. The molecule has 2 aliphatic heterocycles. The maximum Gasteiger partial charge on any atom is 0.253 e. The summed E-state index contributed by atoms with van der Waals surface area (Å²) in [5, 5.41) is 3.31. The molecule has 1 saturated carbocycles. The molecule has 3 heterocycles. The minimum Gasteiger partial charge on any atom is -0.488 e. The fourth-order valence-corrected chi connectivity index (χ4v) is 7.36. The molecule has 6 nitrogen and oxygen atoms in total. The normalized spacial score (nSPS) is 22.8. The first-order chi connectivity index (χ1) is 19.0. The van der Waals surface area contributed by atoms with Crippen LogP contribution in [-0.4, -0.2) is 55.2 Å². The van der Waals surface area contributed by atoms with Crippen LogP contribution in [0.5, 0.6) is 5.75 Å². The van der Waals surface area contributed by atoms with Crippen molar-refractivity contribution >= 4 is 22.4 Å². The number of anilines is 1. The van der Waals surface area contributed by atoms with Crippen molar-refractivity contribution in [3.05, 3.63) is 64.0 Å². The van der Waals surface area contributed by atoms with Gasteiger partial charge in [-0.25, -0.2) is 4.98 Å². The molecule has 1 aromatic heterocycles. The van der Waals surface area contributed by atoms with Crippen molar-refractivity contribution in [1.29, 1.82) is 0 Å². The first kappa shape index (κ1) is 26.3. The fourth-order valence-electron chi connectivity index (χ4n) is 6.51. The predicted octanol–water partition coefficient (Wildman–Crippen LogP) is 6.49. The van der Waals surface area contributed by atoms with Crippen molar-refractivity contribution in [3.8, 4) is 17.0 Å². The number of aryl methyl sites for hydroxylation is 2. The van der Waals surface area contributed by atoms with Crippen LogP contribution in [0.15, 0.2) is 41.8 Å². The summed E-state index contributed by atoms with van der Waals surface area (Å²) >= 11 is 1.75. The van der Waals surface area contributed by atoms with Crippen LogP contribution >= 0.6 is 11.3 Å². The van der Waals surface area contributed by atoms with Crippen molar-refractivity contribution in [1.82, 2.24) is 9.88 Å². The molecule has 1 unspecified atom stereocenters. The highest BCUT2D eigenvalue weighted by molar-refractivity contribution is 7.14. The Labute approximate surface area is 236 Å². The van der Waals surface area contributed by atoms with E-state index in [0.29, 0.717) is 13.2 Å². The molecular weight excluding hydrogens is 506 g/mol. The highest BCUT2D eigenvalue weighted by Gasteiger charge is 2.34. The summed E-state index contributed by atoms with van der Waals surface area (Å²) in [6, 6.07) is 12.3. The summed E-state index contributed by atoms with van der Waals surface area (Å²) in [6.45, 7) is 8.34. The number of nitrogens with zero attached hydrogens (tertiary/aromatic N) is 3. The molecule has 3 aromatic rings. The number of ether oxygens (including phenoxy) is 2. The van der Waals surface area contributed by atoms with Gasteiger partial charge in [0.2, 0.25) is 0 Å². The van der Waals surface area contributed by atoms with E-state index in [0.717, 1.165) is 83.1 Å². The van der Waals surface area contributed by atoms with E-state index in [9.17, 15) is 4.79 Å². The summed E-state index contributed by atoms with van der Waals surface area (Å²) < 4.78 is 11.9. The van der Waals surface area contributed by atoms with Crippen LogP contribution in [0.2, 0.25) is 0 Å². The second-order valence-electron chi connectivity index (χ2n) is 11.6. The average Bonchev–Trinajstić information content (AvgIpc) is 3.58. The molecule has 1 aliphatic carbocycles. The van der Waals surface area contributed by atoms with E-state index in [1.54, 1.807) is 18.4 Å². The van der Waals surface area contributed by atoms with E-state index < -0.39 is 0 Å². The van der Waals surface area contributed by atoms with Crippen LogP contribution in [-0.2, 0) is 11.3 Å². The number of aromatic nitrogens is 1. The first-order valence-electron chi connectivity index (χ1n) is 14.3. The van der Waals surface area contributed by atoms with E-state index in [1.165, 1.54) is 24.8 Å². The van der Waals surface area contributed by atoms with Crippen LogP contribution in [0, 0.1) is 25.7 Å². The highest BCUT2D eigenvalue weighted by atomic mass is 32.1. The summed E-state index contributed by atoms with van der Waals surface area (Å²) in [5.41, 5.74) is 6.08. The number of hydrogen-bond acceptors (Lipinski definition) is 6. The van der Waals surface area contributed by atoms with Gasteiger partial charge in [-0.2, -0.15) is 0 Å². The van der Waals surface area contributed by atoms with E-state index in [2.05, 4.69) is 42.3 Å². The molecule has 2 aromatic carbocycles. The number of thiazole rings is 1. The van der Waals surface area contributed by atoms with Gasteiger partial charge in [-0.05, 0) is 93.2 Å². The Kier molecular flexibility index (Phi) is 7.63. The van der Waals surface area contributed by atoms with Crippen molar-refractivity contribution in [2.45, 2.75) is 58.7 Å². The van der Waals surface area contributed by atoms with E-state index in [1.807, 2.05) is 23.1 Å². The topological polar surface area (TPSA) is 54.9 Å². The second kappa shape index (κ2) is 11.3. The maximum absolute atomic E-state index is 13.1. The zero-order chi connectivity index (χ0) is 26.9. The SMILES string of the molecule is COC1CCCN(C(=O)c2ccc(COc3ccc(C)cc3-c3csc(N4C[C@@H]5CC[C@@H](C5)C4)n3)c(C)c2)C1. The van der Waals surface area contributed by atoms with E-state index in [-0.39, 0.29) is 12.0 Å². The average molecular weight is 546 g/mol. The zero-order valence-electron chi connectivity index (χ0n) is 23.3. The van der Waals surface area contributed by atoms with Crippen molar-refractivity contribution in [3.63, 3.8) is 0 Å². The summed E-state index contributed by atoms with van der Waals surface area (Å²) in [6.07, 6.45) is 6.26. The first-order valence-corrected chi connectivity index (χ1v) is 15.2. The molecule has 39 heavy (non-hydrogen) atoms. The number of methoxy groups -OCH3 is 1. The van der Waals surface area contributed by atoms with Crippen molar-refractivity contribution < 1.29 is 14.3 Å². The molecule has 3 atom stereocenters. The lowest BCUT2D eigenvalue weighted by molar-refractivity contribution is 0.0269. The van der Waals surface area contributed by atoms with Crippen LogP contribution < -0.4 is 9.64 Å². The summed E-state index contributed by atoms with van der Waals surface area (Å²) in [5.74, 6) is 2.59. The third-order valence-electron chi connectivity index (χ3n) is 8.75. The Bertz CT molecular complexity index is 1330. The van der Waals surface area contributed by atoms with Gasteiger partial charge in [0.1, 0.15) is 12.4 Å². The Hall–Kier alpha value is -2.90. The lowest BCUT2D eigenvalue weighted by Crippen LogP contribution is -2.42. The van der Waals surface area contributed by atoms with Crippen molar-refractivity contribution in [2.24, 2.45) is 11.8 Å². The van der Waals surface area contributed by atoms with Gasteiger partial charge >= 0.3 is 0 Å². The molecule has 3 fully saturated rings. The van der Waals surface area contributed by atoms with Gasteiger partial charge in [0.25, 0.3) is 5.91 Å². The van der Waals surface area contributed by atoms with Gasteiger partial charge in [0.15, 0.2) is 5.13 Å². The second-order valence-corrected chi connectivity index (χ2v) is 12.5. The minimum atomic E-state index is 0.0780. The predicted molar refractivity (Wildman–Crippen MR) is 157 cm³/mol. The molecule has 206 valence electrons. The zero-order valence-corrected chi connectivity index (χ0v) is 24.1. The summed E-state index contributed by atoms with van der Waals surface area (Å²) in [7, 11) is 1.72. The van der Waals surface area contributed by atoms with Crippen molar-refractivity contribution in [2.75, 3.05) is 38.2 Å². The van der Waals surface area contributed by atoms with Gasteiger partial charge in [0, 0.05) is 49.8 Å². The number of hydrogen-bond donors (Lipinski definition) is 0. The van der Waals surface area contributed by atoms with Crippen LogP contribution in [0.25, 0.3) is 11.3 Å². The smallest absolute Gasteiger partial charge is 0.253 e. The Morgan fingerprint density at radius 3 is 2.64 bits per heavy atom. The van der Waals surface area contributed by atoms with E-state index >= 15 is 0 Å². The van der Waals surface area contributed by atoms with Gasteiger partial charge in [-0.15, -0.1) is 11.3 Å². The summed E-state index contributed by atoms with van der Waals surface area (Å²) in [4.78, 5) is 22.6. The Morgan fingerprint density at radius 2 is 1.87 bits per heavy atom. The van der Waals surface area contributed by atoms with Crippen LogP contribution in [0.4, 0.5) is 5.13 Å². The molecule has 2 bridgehead atoms. The monoisotopic (exact) mass is 545 g/mol. The highest BCUT2D eigenvalue weighted by Crippen LogP contribution is 2.40. The number of likely N-dealkylation sites (tertiary alicyclic amines) is 1. The van der Waals surface area contributed by atoms with Gasteiger partial charge in [-0.1, -0.05) is 17.7 Å². The van der Waals surface area contributed by atoms with Crippen LogP contribution in [0.1, 0.15) is 59.2 Å². The molecule has 1 amide bonds. The number of carbonyl (C=O) groups excluding carboxylic acids is 1. The molecule has 7 heteroatoms. The molecule has 0 radical (unpaired) electrons. The lowest BCUT2D eigenvalue weighted by Gasteiger charge is -2.32. The van der Waals surface area contributed by atoms with Gasteiger partial charge in [-0.3, -0.25) is 4.79 Å².